The number of hydrogen-bond acceptors (Lipinski definition) is 3. The Morgan fingerprint density at radius 1 is 1.32 bits per heavy atom. The predicted molar refractivity (Wildman–Crippen MR) is 96.1 cm³/mol. The molecule has 0 saturated carbocycles. The number of amides is 1. The van der Waals surface area contributed by atoms with Crippen molar-refractivity contribution in [3.05, 3.63) is 35.4 Å². The second-order valence-electron chi connectivity index (χ2n) is 5.68. The molecule has 1 atom stereocenters. The highest BCUT2D eigenvalue weighted by Crippen LogP contribution is 2.15. The molecule has 1 fully saturated rings. The third-order valence-corrected chi connectivity index (χ3v) is 4.10. The molecule has 0 aromatic heterocycles. The van der Waals surface area contributed by atoms with Crippen LogP contribution in [0.1, 0.15) is 35.7 Å². The number of rotatable bonds is 5. The molecule has 0 aliphatic carbocycles. The molecule has 126 valence electrons. The number of nitrogens with two attached hydrogens (primary N) is 1. The highest BCUT2D eigenvalue weighted by atomic mass is 35.5. The number of hydrogen-bond donors (Lipinski definition) is 1. The molecule has 1 saturated heterocycles. The first kappa shape index (κ1) is 21.2. The number of likely N-dealkylation sites (N-methyl/N-ethyl adjacent to an activating group) is 1. The highest BCUT2D eigenvalue weighted by molar-refractivity contribution is 5.94. The molecule has 1 aliphatic rings. The first-order valence-electron chi connectivity index (χ1n) is 7.40. The zero-order valence-electron chi connectivity index (χ0n) is 13.3. The first-order chi connectivity index (χ1) is 9.61. The van der Waals surface area contributed by atoms with Crippen LogP contribution in [0.5, 0.6) is 0 Å². The molecule has 4 nitrogen and oxygen atoms in total. The van der Waals surface area contributed by atoms with Crippen molar-refractivity contribution in [3.8, 4) is 0 Å². The normalized spacial score (nSPS) is 15.6. The molecule has 6 heteroatoms. The van der Waals surface area contributed by atoms with Gasteiger partial charge in [-0.15, -0.1) is 24.8 Å². The van der Waals surface area contributed by atoms with E-state index in [1.807, 2.05) is 32.2 Å². The van der Waals surface area contributed by atoms with Gasteiger partial charge in [0, 0.05) is 31.7 Å². The monoisotopic (exact) mass is 347 g/mol. The van der Waals surface area contributed by atoms with Crippen molar-refractivity contribution in [2.24, 2.45) is 5.73 Å². The van der Waals surface area contributed by atoms with Crippen LogP contribution in [0.15, 0.2) is 24.3 Å². The molecule has 1 unspecified atom stereocenters. The topological polar surface area (TPSA) is 49.6 Å². The lowest BCUT2D eigenvalue weighted by Crippen LogP contribution is -2.39. The molecule has 1 aromatic rings. The Bertz CT molecular complexity index is 464. The molecular weight excluding hydrogens is 321 g/mol. The van der Waals surface area contributed by atoms with Crippen LogP contribution in [0.3, 0.4) is 0 Å². The second kappa shape index (κ2) is 10.1. The van der Waals surface area contributed by atoms with E-state index < -0.39 is 0 Å². The summed E-state index contributed by atoms with van der Waals surface area (Å²) in [6, 6.07) is 8.03. The van der Waals surface area contributed by atoms with Gasteiger partial charge >= 0.3 is 0 Å². The third kappa shape index (κ3) is 5.43. The molecular formula is C16H27Cl2N3O. The van der Waals surface area contributed by atoms with E-state index in [4.69, 9.17) is 5.73 Å². The van der Waals surface area contributed by atoms with Crippen LogP contribution in [0.4, 0.5) is 0 Å². The molecule has 0 spiro atoms. The van der Waals surface area contributed by atoms with Crippen LogP contribution in [-0.4, -0.2) is 48.4 Å². The number of carbonyl (C=O) groups is 1. The van der Waals surface area contributed by atoms with Crippen molar-refractivity contribution >= 4 is 30.7 Å². The van der Waals surface area contributed by atoms with E-state index in [-0.39, 0.29) is 36.8 Å². The molecule has 2 rings (SSSR count). The largest absolute Gasteiger partial charge is 0.338 e. The van der Waals surface area contributed by atoms with Crippen molar-refractivity contribution in [1.29, 1.82) is 0 Å². The lowest BCUT2D eigenvalue weighted by molar-refractivity contribution is 0.0748. The molecule has 0 bridgehead atoms. The number of halogens is 2. The van der Waals surface area contributed by atoms with E-state index in [9.17, 15) is 4.79 Å². The summed E-state index contributed by atoms with van der Waals surface area (Å²) in [6.45, 7) is 5.73. The fraction of sp³-hybridized carbons (Fsp3) is 0.562. The van der Waals surface area contributed by atoms with Gasteiger partial charge in [0.25, 0.3) is 5.91 Å². The van der Waals surface area contributed by atoms with Gasteiger partial charge in [0.2, 0.25) is 0 Å². The zero-order valence-corrected chi connectivity index (χ0v) is 15.0. The van der Waals surface area contributed by atoms with Crippen LogP contribution < -0.4 is 5.73 Å². The number of benzene rings is 1. The van der Waals surface area contributed by atoms with Crippen LogP contribution in [-0.2, 0) is 6.54 Å². The van der Waals surface area contributed by atoms with Gasteiger partial charge in [0.1, 0.15) is 0 Å². The third-order valence-electron chi connectivity index (χ3n) is 4.10. The van der Waals surface area contributed by atoms with Crippen LogP contribution >= 0.6 is 24.8 Å². The summed E-state index contributed by atoms with van der Waals surface area (Å²) >= 11 is 0. The van der Waals surface area contributed by atoms with Crippen LogP contribution in [0, 0.1) is 0 Å². The van der Waals surface area contributed by atoms with E-state index in [2.05, 4.69) is 11.0 Å². The van der Waals surface area contributed by atoms with Crippen molar-refractivity contribution in [2.45, 2.75) is 32.4 Å². The van der Waals surface area contributed by atoms with Gasteiger partial charge in [0.05, 0.1) is 0 Å². The fourth-order valence-corrected chi connectivity index (χ4v) is 2.56. The van der Waals surface area contributed by atoms with Gasteiger partial charge in [-0.1, -0.05) is 12.1 Å². The van der Waals surface area contributed by atoms with Crippen molar-refractivity contribution < 1.29 is 4.79 Å². The Labute approximate surface area is 145 Å². The molecule has 1 heterocycles. The predicted octanol–water partition coefficient (Wildman–Crippen LogP) is 2.55. The molecule has 2 N–H and O–H groups in total. The average molecular weight is 348 g/mol. The van der Waals surface area contributed by atoms with E-state index in [0.717, 1.165) is 12.1 Å². The minimum absolute atomic E-state index is 0. The summed E-state index contributed by atoms with van der Waals surface area (Å²) in [7, 11) is 1.81. The quantitative estimate of drug-likeness (QED) is 0.890. The Balaban J connectivity index is 0.00000220. The van der Waals surface area contributed by atoms with E-state index >= 15 is 0 Å². The van der Waals surface area contributed by atoms with Crippen molar-refractivity contribution in [2.75, 3.05) is 26.7 Å². The maximum atomic E-state index is 12.4. The number of likely N-dealkylation sites (tertiary alicyclic amines) is 1. The van der Waals surface area contributed by atoms with Gasteiger partial charge in [-0.2, -0.15) is 0 Å². The standard InChI is InChI=1S/C16H25N3O.2ClH/c1-13(11-17)18(2)16(20)15-7-5-6-14(10-15)12-19-8-3-4-9-19;;/h5-7,10,13H,3-4,8-9,11-12,17H2,1-2H3;2*1H. The van der Waals surface area contributed by atoms with Crippen LogP contribution in [0.25, 0.3) is 0 Å². The molecule has 22 heavy (non-hydrogen) atoms. The molecule has 1 amide bonds. The highest BCUT2D eigenvalue weighted by Gasteiger charge is 2.17. The minimum atomic E-state index is 0. The number of carbonyl (C=O) groups excluding carboxylic acids is 1. The summed E-state index contributed by atoms with van der Waals surface area (Å²) in [4.78, 5) is 16.5. The Morgan fingerprint density at radius 2 is 1.95 bits per heavy atom. The Hall–Kier alpha value is -0.810. The summed E-state index contributed by atoms with van der Waals surface area (Å²) < 4.78 is 0. The molecule has 0 radical (unpaired) electrons. The summed E-state index contributed by atoms with van der Waals surface area (Å²) in [5, 5.41) is 0. The lowest BCUT2D eigenvalue weighted by Gasteiger charge is -2.24. The lowest BCUT2D eigenvalue weighted by atomic mass is 10.1. The second-order valence-corrected chi connectivity index (χ2v) is 5.68. The number of nitrogens with zero attached hydrogens (tertiary/aromatic N) is 2. The maximum absolute atomic E-state index is 12.4. The zero-order chi connectivity index (χ0) is 14.5. The van der Waals surface area contributed by atoms with E-state index in [1.54, 1.807) is 4.90 Å². The molecule has 1 aliphatic heterocycles. The first-order valence-corrected chi connectivity index (χ1v) is 7.40. The van der Waals surface area contributed by atoms with Crippen molar-refractivity contribution in [3.63, 3.8) is 0 Å². The summed E-state index contributed by atoms with van der Waals surface area (Å²) in [5.74, 6) is 0.0474. The molecule has 1 aromatic carbocycles. The summed E-state index contributed by atoms with van der Waals surface area (Å²) in [5.41, 5.74) is 7.60. The van der Waals surface area contributed by atoms with Gasteiger partial charge in [0.15, 0.2) is 0 Å². The van der Waals surface area contributed by atoms with Crippen LogP contribution in [0.2, 0.25) is 0 Å². The van der Waals surface area contributed by atoms with Gasteiger partial charge in [-0.3, -0.25) is 9.69 Å². The fourth-order valence-electron chi connectivity index (χ4n) is 2.56. The van der Waals surface area contributed by atoms with E-state index in [1.165, 1.54) is 31.5 Å². The maximum Gasteiger partial charge on any atom is 0.253 e. The van der Waals surface area contributed by atoms with Crippen molar-refractivity contribution in [1.82, 2.24) is 9.80 Å². The Kier molecular flexibility index (Phi) is 9.69. The van der Waals surface area contributed by atoms with Gasteiger partial charge in [-0.05, 0) is 50.6 Å². The SMILES string of the molecule is CC(CN)N(C)C(=O)c1cccc(CN2CCCC2)c1.Cl.Cl. The average Bonchev–Trinajstić information content (AvgIpc) is 2.98. The minimum Gasteiger partial charge on any atom is -0.338 e. The Morgan fingerprint density at radius 3 is 2.55 bits per heavy atom. The summed E-state index contributed by atoms with van der Waals surface area (Å²) in [6.07, 6.45) is 2.57. The van der Waals surface area contributed by atoms with Gasteiger partial charge in [-0.25, -0.2) is 0 Å². The van der Waals surface area contributed by atoms with E-state index in [0.29, 0.717) is 6.54 Å². The smallest absolute Gasteiger partial charge is 0.253 e. The van der Waals surface area contributed by atoms with Gasteiger partial charge < -0.3 is 10.6 Å².